The molecule has 0 spiro atoms. The van der Waals surface area contributed by atoms with Gasteiger partial charge in [-0.25, -0.2) is 0 Å². The van der Waals surface area contributed by atoms with E-state index >= 15 is 24.0 Å². The Morgan fingerprint density at radius 1 is 0.257 bits per heavy atom. The molecule has 0 aromatic heterocycles. The number of nitrogens with one attached hydrogen (secondary N) is 5. The molecule has 0 radical (unpaired) electrons. The molecule has 15 heteroatoms. The molecule has 15 nitrogen and oxygen atoms in total. The zero-order valence-corrected chi connectivity index (χ0v) is 39.0. The molecule has 0 fully saturated rings. The van der Waals surface area contributed by atoms with Crippen molar-refractivity contribution in [3.05, 3.63) is 55.6 Å². The summed E-state index contributed by atoms with van der Waals surface area (Å²) < 4.78 is 0. The third-order valence-corrected chi connectivity index (χ3v) is 16.2. The Balaban J connectivity index is 1.34. The lowest BCUT2D eigenvalue weighted by atomic mass is 9.79. The van der Waals surface area contributed by atoms with Crippen LogP contribution in [0.5, 0.6) is 0 Å². The minimum Gasteiger partial charge on any atom is -0.345 e. The van der Waals surface area contributed by atoms with Gasteiger partial charge in [0.05, 0.1) is 58.0 Å². The molecule has 0 bridgehead atoms. The second kappa shape index (κ2) is 18.1. The average molecular weight is 946 g/mol. The fraction of sp³-hybridized carbons (Fsp3) is 0.455. The zero-order chi connectivity index (χ0) is 48.5. The first-order chi connectivity index (χ1) is 34.2. The first-order valence-corrected chi connectivity index (χ1v) is 25.4. The van der Waals surface area contributed by atoms with Crippen LogP contribution >= 0.6 is 0 Å². The van der Waals surface area contributed by atoms with Crippen LogP contribution in [0.25, 0.3) is 53.9 Å². The van der Waals surface area contributed by atoms with Crippen LogP contribution < -0.4 is 26.6 Å². The van der Waals surface area contributed by atoms with E-state index in [1.165, 1.54) is 0 Å². The van der Waals surface area contributed by atoms with Crippen LogP contribution in [-0.4, -0.2) is 61.0 Å². The molecule has 5 atom stereocenters. The standard InChI is InChI=1S/C55H55N5O10/c61-21-11-1-6-16-26-31-36-41-42-37(46(31)51(66)56-26)32-27(17-7-2-12-22-62)58-53(68)48(32)39-34-29(19-9-4-14-24-64)60-55(70)50(34)40-35-30(20-10-5-15-25-65)59-54(69)49(35)38(43(41)45(40)44(39)42)33-28(18-8-3-13-23-63)57-52(67)47(33)36/h21-30H,1-20H2,(H,56,66)(H,57,67)(H,58,68)(H,59,69)(H,60,70)/t26-,27-,28-,29-,30-/m0/s1. The Kier molecular flexibility index (Phi) is 11.8. The Labute approximate surface area is 402 Å². The lowest BCUT2D eigenvalue weighted by Crippen LogP contribution is -2.20. The van der Waals surface area contributed by atoms with E-state index in [9.17, 15) is 24.0 Å². The van der Waals surface area contributed by atoms with Crippen LogP contribution in [0.3, 0.4) is 0 Å². The average Bonchev–Trinajstić information content (AvgIpc) is 4.19. The van der Waals surface area contributed by atoms with Gasteiger partial charge in [-0.15, -0.1) is 0 Å². The van der Waals surface area contributed by atoms with Gasteiger partial charge in [0.1, 0.15) is 31.4 Å². The van der Waals surface area contributed by atoms with Crippen molar-refractivity contribution in [3.8, 4) is 0 Å². The van der Waals surface area contributed by atoms with Crippen molar-refractivity contribution >= 4 is 115 Å². The predicted octanol–water partition coefficient (Wildman–Crippen LogP) is 8.49. The third kappa shape index (κ3) is 6.58. The highest BCUT2D eigenvalue weighted by atomic mass is 16.2. The van der Waals surface area contributed by atoms with Crippen molar-refractivity contribution in [2.75, 3.05) is 0 Å². The smallest absolute Gasteiger partial charge is 0.252 e. The van der Waals surface area contributed by atoms with Crippen LogP contribution in [0.2, 0.25) is 0 Å². The summed E-state index contributed by atoms with van der Waals surface area (Å²) in [6.45, 7) is 0. The number of unbranched alkanes of at least 4 members (excludes halogenated alkanes) is 10. The largest absolute Gasteiger partial charge is 0.345 e. The number of carbonyl (C=O) groups is 10. The zero-order valence-electron chi connectivity index (χ0n) is 39.0. The number of aldehydes is 5. The van der Waals surface area contributed by atoms with Gasteiger partial charge in [0, 0.05) is 59.0 Å². The molecule has 6 aromatic carbocycles. The highest BCUT2D eigenvalue weighted by Crippen LogP contribution is 2.63. The summed E-state index contributed by atoms with van der Waals surface area (Å²) in [4.78, 5) is 133. The second-order valence-corrected chi connectivity index (χ2v) is 20.1. The Bertz CT molecular complexity index is 2730. The number of hydrogen-bond donors (Lipinski definition) is 5. The van der Waals surface area contributed by atoms with E-state index < -0.39 is 30.2 Å². The van der Waals surface area contributed by atoms with Gasteiger partial charge in [0.25, 0.3) is 29.5 Å². The van der Waals surface area contributed by atoms with Crippen molar-refractivity contribution in [2.24, 2.45) is 0 Å². The first-order valence-electron chi connectivity index (χ1n) is 25.4. The first kappa shape index (κ1) is 45.5. The van der Waals surface area contributed by atoms with E-state index in [2.05, 4.69) is 26.6 Å². The maximum absolute atomic E-state index is 15.1. The summed E-state index contributed by atoms with van der Waals surface area (Å²) in [5, 5.41) is 23.0. The molecule has 0 unspecified atom stereocenters. The van der Waals surface area contributed by atoms with Crippen LogP contribution in [-0.2, 0) is 24.0 Å². The molecule has 0 saturated carbocycles. The molecular formula is C55H55N5O10. The molecular weight excluding hydrogens is 891 g/mol. The van der Waals surface area contributed by atoms with Gasteiger partial charge in [-0.1, -0.05) is 32.1 Å². The van der Waals surface area contributed by atoms with Crippen molar-refractivity contribution < 1.29 is 47.9 Å². The molecule has 360 valence electrons. The van der Waals surface area contributed by atoms with E-state index in [0.717, 1.165) is 31.4 Å². The van der Waals surface area contributed by atoms with Crippen LogP contribution in [0, 0.1) is 0 Å². The summed E-state index contributed by atoms with van der Waals surface area (Å²) in [5.74, 6) is -1.71. The SMILES string of the molecule is O=CCCCC[C@@H]1NC(=O)c2c1c1c3c(c4c5c(c6c7c(c8c9c(c2c2c1c4c6c82)[C@H](CCCCC=O)NC9=O)[C@H](CCCCC=O)NC7=O)[C@H](CCCCC=O)NC5=O)[C@H](CCCCC=O)NC3=O. The fourth-order valence-corrected chi connectivity index (χ4v) is 13.5. The van der Waals surface area contributed by atoms with Crippen LogP contribution in [0.1, 0.15) is 238 Å². The third-order valence-electron chi connectivity index (χ3n) is 16.2. The quantitative estimate of drug-likeness (QED) is 0.0209. The molecule has 11 rings (SSSR count). The number of rotatable bonds is 25. The molecule has 5 heterocycles. The second-order valence-electron chi connectivity index (χ2n) is 20.1. The molecule has 6 aromatic rings. The van der Waals surface area contributed by atoms with Crippen LogP contribution in [0.15, 0.2) is 0 Å². The monoisotopic (exact) mass is 945 g/mol. The maximum atomic E-state index is 15.1. The summed E-state index contributed by atoms with van der Waals surface area (Å²) in [7, 11) is 0. The van der Waals surface area contributed by atoms with Gasteiger partial charge >= 0.3 is 0 Å². The summed E-state index contributed by atoms with van der Waals surface area (Å²) >= 11 is 0. The number of hydrogen-bond acceptors (Lipinski definition) is 10. The number of fused-ring (bicyclic) bond motifs is 15. The van der Waals surface area contributed by atoms with Crippen LogP contribution in [0.4, 0.5) is 0 Å². The molecule has 0 aliphatic carbocycles. The van der Waals surface area contributed by atoms with Gasteiger partial charge in [-0.05, 0) is 119 Å². The van der Waals surface area contributed by atoms with Gasteiger partial charge < -0.3 is 50.6 Å². The van der Waals surface area contributed by atoms with E-state index in [1.807, 2.05) is 0 Å². The van der Waals surface area contributed by atoms with Crippen molar-refractivity contribution in [1.29, 1.82) is 0 Å². The van der Waals surface area contributed by atoms with Crippen molar-refractivity contribution in [2.45, 2.75) is 159 Å². The highest BCUT2D eigenvalue weighted by Gasteiger charge is 2.50. The van der Waals surface area contributed by atoms with Crippen molar-refractivity contribution in [1.82, 2.24) is 26.6 Å². The molecule has 5 aliphatic heterocycles. The van der Waals surface area contributed by atoms with Gasteiger partial charge in [-0.3, -0.25) is 24.0 Å². The number of amides is 5. The Hall–Kier alpha value is -6.90. The normalized spacial score (nSPS) is 20.9. The number of carbonyl (C=O) groups excluding carboxylic acids is 10. The predicted molar refractivity (Wildman–Crippen MR) is 261 cm³/mol. The molecule has 5 N–H and O–H groups in total. The Morgan fingerprint density at radius 3 is 0.586 bits per heavy atom. The highest BCUT2D eigenvalue weighted by molar-refractivity contribution is 6.52. The summed E-state index contributed by atoms with van der Waals surface area (Å²) in [5.41, 5.74) is 5.16. The van der Waals surface area contributed by atoms with Gasteiger partial charge in [-0.2, -0.15) is 0 Å². The summed E-state index contributed by atoms with van der Waals surface area (Å²) in [6.07, 6.45) is 14.4. The number of benzene rings is 5. The molecule has 0 saturated heterocycles. The van der Waals surface area contributed by atoms with E-state index in [-0.39, 0.29) is 29.5 Å². The molecule has 5 aliphatic rings. The maximum Gasteiger partial charge on any atom is 0.252 e. The fourth-order valence-electron chi connectivity index (χ4n) is 13.5. The summed E-state index contributed by atoms with van der Waals surface area (Å²) in [6, 6.07) is -2.84. The van der Waals surface area contributed by atoms with Gasteiger partial charge in [0.15, 0.2) is 0 Å². The minimum atomic E-state index is -0.568. The lowest BCUT2D eigenvalue weighted by molar-refractivity contribution is -0.108. The van der Waals surface area contributed by atoms with Gasteiger partial charge in [0.2, 0.25) is 0 Å². The van der Waals surface area contributed by atoms with Crippen molar-refractivity contribution in [3.63, 3.8) is 0 Å². The Morgan fingerprint density at radius 2 is 0.429 bits per heavy atom. The minimum absolute atomic E-state index is 0.342. The van der Waals surface area contributed by atoms with E-state index in [0.29, 0.717) is 238 Å². The lowest BCUT2D eigenvalue weighted by Gasteiger charge is -2.22. The van der Waals surface area contributed by atoms with E-state index in [1.54, 1.807) is 0 Å². The molecule has 5 amide bonds. The molecule has 70 heavy (non-hydrogen) atoms. The van der Waals surface area contributed by atoms with E-state index in [4.69, 9.17) is 0 Å². The topological polar surface area (TPSA) is 231 Å².